The van der Waals surface area contributed by atoms with Gasteiger partial charge in [-0.15, -0.1) is 10.2 Å². The van der Waals surface area contributed by atoms with E-state index in [4.69, 9.17) is 28.4 Å². The van der Waals surface area contributed by atoms with Gasteiger partial charge in [0.1, 0.15) is 53.2 Å². The number of fused-ring (bicyclic) bond motifs is 5. The van der Waals surface area contributed by atoms with Crippen molar-refractivity contribution in [1.29, 1.82) is 0 Å². The van der Waals surface area contributed by atoms with Crippen molar-refractivity contribution in [2.24, 2.45) is 16.7 Å². The van der Waals surface area contributed by atoms with Crippen molar-refractivity contribution in [2.75, 3.05) is 39.3 Å². The number of hydrogen-bond acceptors (Lipinski definition) is 23. The summed E-state index contributed by atoms with van der Waals surface area (Å²) < 4.78 is 67.5. The first-order valence-electron chi connectivity index (χ1n) is 33.0. The number of rotatable bonds is 19. The number of Topliss-reactive ketones (excluding diaryl/α,β-unsaturated/α-hetero) is 1. The van der Waals surface area contributed by atoms with Crippen LogP contribution in [0.5, 0.6) is 11.5 Å². The molecule has 5 aliphatic rings. The molecule has 3 amide bonds. The molecule has 11 atom stereocenters. The number of aliphatic hydroxyl groups excluding tert-OH is 2. The lowest BCUT2D eigenvalue weighted by Crippen LogP contribution is -2.81. The van der Waals surface area contributed by atoms with E-state index in [1.165, 1.54) is 96.1 Å². The molecule has 2 saturated carbocycles. The van der Waals surface area contributed by atoms with E-state index < -0.39 is 153 Å². The number of aromatic nitrogens is 3. The third-order valence-corrected chi connectivity index (χ3v) is 21.8. The number of hydrogen-bond donors (Lipinski definition) is 7. The zero-order valence-electron chi connectivity index (χ0n) is 57.4. The number of aliphatic hydroxyl groups is 3. The van der Waals surface area contributed by atoms with Gasteiger partial charge in [0, 0.05) is 76.1 Å². The molecule has 100 heavy (non-hydrogen) atoms. The Morgan fingerprint density at radius 3 is 2.07 bits per heavy atom. The minimum absolute atomic E-state index is 0.00229. The number of nitrogens with one attached hydrogen (secondary N) is 2. The molecular formula is C71H85N7O21S. The maximum Gasteiger partial charge on any atom is 0.408 e. The van der Waals surface area contributed by atoms with E-state index in [1.54, 1.807) is 64.1 Å². The molecule has 4 aromatic carbocycles. The Morgan fingerprint density at radius 1 is 0.840 bits per heavy atom. The molecule has 0 spiro atoms. The van der Waals surface area contributed by atoms with Crippen LogP contribution in [-0.2, 0) is 62.4 Å². The number of ketones is 1. The van der Waals surface area contributed by atoms with Crippen LogP contribution >= 0.6 is 0 Å². The van der Waals surface area contributed by atoms with Gasteiger partial charge in [-0.3, -0.25) is 28.5 Å². The van der Waals surface area contributed by atoms with Crippen molar-refractivity contribution in [1.82, 2.24) is 34.6 Å². The van der Waals surface area contributed by atoms with Crippen molar-refractivity contribution >= 4 is 57.6 Å². The zero-order chi connectivity index (χ0) is 72.9. The molecule has 29 heteroatoms. The van der Waals surface area contributed by atoms with E-state index in [9.17, 15) is 62.7 Å². The summed E-state index contributed by atoms with van der Waals surface area (Å²) in [6, 6.07) is 22.1. The lowest BCUT2D eigenvalue weighted by Gasteiger charge is -2.67. The molecule has 0 unspecified atom stereocenters. The number of ether oxygens (including phenoxy) is 6. The number of phenols is 2. The molecule has 2 bridgehead atoms. The minimum atomic E-state index is -4.23. The average Bonchev–Trinajstić information content (AvgIpc) is 0.733. The number of benzene rings is 4. The normalized spacial score (nSPS) is 25.7. The van der Waals surface area contributed by atoms with Gasteiger partial charge in [0.15, 0.2) is 17.2 Å². The van der Waals surface area contributed by atoms with Crippen LogP contribution in [0.3, 0.4) is 0 Å². The van der Waals surface area contributed by atoms with Gasteiger partial charge < -0.3 is 69.5 Å². The highest BCUT2D eigenvalue weighted by Crippen LogP contribution is 2.64. The first-order valence-corrected chi connectivity index (χ1v) is 34.5. The van der Waals surface area contributed by atoms with Crippen LogP contribution in [0.2, 0.25) is 0 Å². The van der Waals surface area contributed by atoms with Gasteiger partial charge in [-0.2, -0.15) is 4.31 Å². The molecular weight excluding hydrogens is 1320 g/mol. The molecule has 10 rings (SSSR count). The number of carbonyl (C=O) groups excluding carboxylic acids is 8. The smallest absolute Gasteiger partial charge is 0.408 e. The fourth-order valence-electron chi connectivity index (χ4n) is 14.6. The molecule has 7 N–H and O–H groups in total. The predicted molar refractivity (Wildman–Crippen MR) is 354 cm³/mol. The first kappa shape index (κ1) is 73.6. The summed E-state index contributed by atoms with van der Waals surface area (Å²) in [7, 11) is -4.23. The van der Waals surface area contributed by atoms with E-state index in [2.05, 4.69) is 20.8 Å². The monoisotopic (exact) mass is 1400 g/mol. The van der Waals surface area contributed by atoms with E-state index in [1.807, 2.05) is 13.8 Å². The van der Waals surface area contributed by atoms with Gasteiger partial charge in [0.25, 0.3) is 5.91 Å². The molecule has 3 heterocycles. The van der Waals surface area contributed by atoms with Crippen LogP contribution < -0.4 is 10.6 Å². The Labute approximate surface area is 578 Å². The molecule has 28 nitrogen and oxygen atoms in total. The van der Waals surface area contributed by atoms with Crippen LogP contribution in [-0.4, -0.2) is 198 Å². The van der Waals surface area contributed by atoms with Gasteiger partial charge in [0.2, 0.25) is 27.9 Å². The quantitative estimate of drug-likeness (QED) is 0.0298. The molecule has 4 fully saturated rings. The summed E-state index contributed by atoms with van der Waals surface area (Å²) >= 11 is 0. The average molecular weight is 1400 g/mol. The second kappa shape index (κ2) is 28.1. The molecule has 2 aliphatic heterocycles. The number of alkyl carbamates (subject to hydrolysis) is 1. The van der Waals surface area contributed by atoms with E-state index in [0.717, 1.165) is 13.0 Å². The van der Waals surface area contributed by atoms with Crippen LogP contribution in [0, 0.1) is 16.7 Å². The van der Waals surface area contributed by atoms with Gasteiger partial charge in [-0.05, 0) is 112 Å². The molecule has 1 aromatic heterocycles. The van der Waals surface area contributed by atoms with Crippen LogP contribution in [0.15, 0.2) is 113 Å². The summed E-state index contributed by atoms with van der Waals surface area (Å²) in [5.74, 6) is -9.04. The number of phenolic OH excluding ortho intramolecular Hbond substituents is 2. The zero-order valence-corrected chi connectivity index (χ0v) is 58.2. The third-order valence-electron chi connectivity index (χ3n) is 19.9. The number of aromatic hydroxyl groups is 2. The van der Waals surface area contributed by atoms with Crippen LogP contribution in [0.4, 0.5) is 4.79 Å². The van der Waals surface area contributed by atoms with E-state index in [0.29, 0.717) is 5.56 Å². The minimum Gasteiger partial charge on any atom is -0.508 e. The number of sulfonamides is 1. The lowest BCUT2D eigenvalue weighted by atomic mass is 9.44. The topological polar surface area (TPSA) is 388 Å². The number of amides is 3. The number of carbonyl (C=O) groups is 8. The van der Waals surface area contributed by atoms with Crippen molar-refractivity contribution in [3.63, 3.8) is 0 Å². The Hall–Kier alpha value is -9.13. The van der Waals surface area contributed by atoms with Crippen molar-refractivity contribution in [3.05, 3.63) is 131 Å². The van der Waals surface area contributed by atoms with Gasteiger partial charge in [-0.25, -0.2) is 22.8 Å². The van der Waals surface area contributed by atoms with Crippen LogP contribution in [0.25, 0.3) is 17.1 Å². The standard InChI is InChI=1S/C71H85N7O21S/c1-12-72-63(87)62-75-74-61(46-33-45(38(2)3)47(80)34-48(46)81)78(62)43-23-25-44(26-24-43)100(92,93)77-31-29-76(30-32-77)52(83)27-28-53(84)96-57(55(41-19-15-13-16-20-41)73-66(90)99-67(6,7)8)65(89)95-49-36-71(91)60(97-64(88)42-21-17-14-18-22-42)58-69(11,59(86)56(85)54(39(49)4)68(71,9)10)50(82)35-51-70(58,37-94-51)98-40(5)79/h13-26,33-34,38,49-51,55-58,60,80-82,85,91H,12,27-32,35-37H2,1-11H3,(H,72,87)(H,73,90)/t49-,50-,51+,55-,56+,57+,58-,60-,69+,70-,71+/m0/s1. The highest BCUT2D eigenvalue weighted by atomic mass is 32.2. The molecule has 536 valence electrons. The largest absolute Gasteiger partial charge is 0.508 e. The van der Waals surface area contributed by atoms with Crippen molar-refractivity contribution < 1.29 is 101 Å². The second-order valence-electron chi connectivity index (χ2n) is 27.9. The summed E-state index contributed by atoms with van der Waals surface area (Å²) in [5.41, 5.74) is -8.52. The Balaban J connectivity index is 0.908. The lowest BCUT2D eigenvalue weighted by molar-refractivity contribution is -0.346. The SMILES string of the molecule is CCNC(=O)c1nnc(-c2cc(C(C)C)c(O)cc2O)n1-c1ccc(S(=O)(=O)N2CCN(C(=O)CCC(=O)O[C@@H](C(=O)O[C@H]3C[C@@]4(O)[C@@H](OC(=O)c5ccccc5)[C@@H]5[C@]6(OC(C)=O)CO[C@@H]6C[C@H](O)[C@@]5(C)C(=O)[C@H](O)C(=C3C)C4(C)C)[C@@H](NC(=O)OC(C)(C)C)c3ccccc3)CC2)cc1. The third kappa shape index (κ3) is 13.7. The maximum atomic E-state index is 15.5. The Morgan fingerprint density at radius 2 is 1.48 bits per heavy atom. The highest BCUT2D eigenvalue weighted by Gasteiger charge is 2.78. The predicted octanol–water partition coefficient (Wildman–Crippen LogP) is 5.66. The molecule has 2 saturated heterocycles. The summed E-state index contributed by atoms with van der Waals surface area (Å²) in [4.78, 5) is 115. The van der Waals surface area contributed by atoms with E-state index in [-0.39, 0.29) is 113 Å². The Kier molecular flexibility index (Phi) is 20.7. The summed E-state index contributed by atoms with van der Waals surface area (Å²) in [5, 5.41) is 73.9. The van der Waals surface area contributed by atoms with Gasteiger partial charge in [0.05, 0.1) is 46.5 Å². The second-order valence-corrected chi connectivity index (χ2v) is 29.9. The van der Waals surface area contributed by atoms with Gasteiger partial charge >= 0.3 is 30.0 Å². The van der Waals surface area contributed by atoms with E-state index >= 15 is 9.59 Å². The summed E-state index contributed by atoms with van der Waals surface area (Å²) in [6.07, 6.45) is -13.9. The van der Waals surface area contributed by atoms with Crippen molar-refractivity contribution in [2.45, 2.75) is 172 Å². The highest BCUT2D eigenvalue weighted by molar-refractivity contribution is 7.89. The fraction of sp³-hybridized carbons (Fsp3) is 0.493. The fourth-order valence-corrected chi connectivity index (χ4v) is 16.1. The Bertz CT molecular complexity index is 4150. The number of nitrogens with zero attached hydrogens (tertiary/aromatic N) is 5. The molecule has 5 aromatic rings. The summed E-state index contributed by atoms with van der Waals surface area (Å²) in [6.45, 7) is 16.3. The van der Waals surface area contributed by atoms with Crippen molar-refractivity contribution in [3.8, 4) is 28.6 Å². The number of piperazine rings is 1. The maximum absolute atomic E-state index is 15.5. The first-order chi connectivity index (χ1) is 47.0. The van der Waals surface area contributed by atoms with Gasteiger partial charge in [-0.1, -0.05) is 76.2 Å². The van der Waals surface area contributed by atoms with Crippen LogP contribution in [0.1, 0.15) is 146 Å². The molecule has 3 aliphatic carbocycles. The molecule has 0 radical (unpaired) electrons. The number of esters is 4.